The van der Waals surface area contributed by atoms with E-state index in [1.165, 1.54) is 30.3 Å². The Morgan fingerprint density at radius 2 is 2.05 bits per heavy atom. The summed E-state index contributed by atoms with van der Waals surface area (Å²) in [5.74, 6) is -0.418. The zero-order valence-electron chi connectivity index (χ0n) is 10.1. The van der Waals surface area contributed by atoms with Gasteiger partial charge in [0.1, 0.15) is 5.82 Å². The highest BCUT2D eigenvalue weighted by atomic mass is 79.9. The number of nitrogens with zero attached hydrogens (tertiary/aromatic N) is 1. The molecule has 0 unspecified atom stereocenters. The van der Waals surface area contributed by atoms with Gasteiger partial charge in [0.05, 0.1) is 15.6 Å². The molecule has 0 aliphatic heterocycles. The van der Waals surface area contributed by atoms with Crippen molar-refractivity contribution in [1.29, 1.82) is 0 Å². The van der Waals surface area contributed by atoms with Gasteiger partial charge in [0.25, 0.3) is 5.69 Å². The largest absolute Gasteiger partial charge is 0.380 e. The van der Waals surface area contributed by atoms with E-state index in [0.717, 1.165) is 0 Å². The normalized spacial score (nSPS) is 10.3. The molecule has 20 heavy (non-hydrogen) atoms. The summed E-state index contributed by atoms with van der Waals surface area (Å²) in [6.07, 6.45) is 0. The fourth-order valence-corrected chi connectivity index (χ4v) is 2.43. The number of nitrogens with one attached hydrogen (secondary N) is 1. The molecule has 2 aromatic rings. The maximum Gasteiger partial charge on any atom is 0.270 e. The van der Waals surface area contributed by atoms with Crippen LogP contribution in [0.1, 0.15) is 5.56 Å². The molecule has 0 amide bonds. The van der Waals surface area contributed by atoms with Gasteiger partial charge in [0.15, 0.2) is 0 Å². The molecule has 0 aliphatic rings. The highest BCUT2D eigenvalue weighted by Crippen LogP contribution is 2.25. The van der Waals surface area contributed by atoms with Crippen molar-refractivity contribution in [1.82, 2.24) is 0 Å². The predicted octanol–water partition coefficient (Wildman–Crippen LogP) is 4.76. The first-order valence-corrected chi connectivity index (χ1v) is 6.75. The molecule has 0 saturated carbocycles. The summed E-state index contributed by atoms with van der Waals surface area (Å²) in [6, 6.07) is 8.66. The standard InChI is InChI=1S/C13H9BrClFN2O2/c14-9-3-8(4-11(5-9)18(19)20)7-17-13-2-1-10(16)6-12(13)15/h1-6,17H,7H2. The maximum atomic E-state index is 12.9. The lowest BCUT2D eigenvalue weighted by atomic mass is 10.2. The van der Waals surface area contributed by atoms with Crippen molar-refractivity contribution in [2.75, 3.05) is 5.32 Å². The smallest absolute Gasteiger partial charge is 0.270 e. The quantitative estimate of drug-likeness (QED) is 0.632. The van der Waals surface area contributed by atoms with E-state index in [1.807, 2.05) is 0 Å². The SMILES string of the molecule is O=[N+]([O-])c1cc(Br)cc(CNc2ccc(F)cc2Cl)c1. The second-order valence-electron chi connectivity index (χ2n) is 4.05. The molecule has 7 heteroatoms. The number of non-ortho nitro benzene ring substituents is 1. The Kier molecular flexibility index (Phi) is 4.57. The zero-order valence-corrected chi connectivity index (χ0v) is 12.4. The number of hydrogen-bond donors (Lipinski definition) is 1. The molecule has 0 heterocycles. The van der Waals surface area contributed by atoms with E-state index in [0.29, 0.717) is 22.3 Å². The summed E-state index contributed by atoms with van der Waals surface area (Å²) >= 11 is 9.11. The Morgan fingerprint density at radius 3 is 2.70 bits per heavy atom. The van der Waals surface area contributed by atoms with Crippen LogP contribution in [0.25, 0.3) is 0 Å². The van der Waals surface area contributed by atoms with Gasteiger partial charge < -0.3 is 5.32 Å². The second-order valence-corrected chi connectivity index (χ2v) is 5.38. The first-order chi connectivity index (χ1) is 9.45. The lowest BCUT2D eigenvalue weighted by Crippen LogP contribution is -2.01. The van der Waals surface area contributed by atoms with Gasteiger partial charge in [0, 0.05) is 23.2 Å². The van der Waals surface area contributed by atoms with Crippen LogP contribution in [0.15, 0.2) is 40.9 Å². The van der Waals surface area contributed by atoms with Crippen LogP contribution in [-0.2, 0) is 6.54 Å². The molecular weight excluding hydrogens is 351 g/mol. The predicted molar refractivity (Wildman–Crippen MR) is 79.5 cm³/mol. The molecule has 0 saturated heterocycles. The van der Waals surface area contributed by atoms with Crippen LogP contribution in [-0.4, -0.2) is 4.92 Å². The van der Waals surface area contributed by atoms with Crippen molar-refractivity contribution >= 4 is 38.9 Å². The van der Waals surface area contributed by atoms with E-state index in [1.54, 1.807) is 6.07 Å². The molecule has 104 valence electrons. The summed E-state index contributed by atoms with van der Waals surface area (Å²) in [6.45, 7) is 0.339. The summed E-state index contributed by atoms with van der Waals surface area (Å²) in [7, 11) is 0. The minimum absolute atomic E-state index is 0.00128. The molecule has 4 nitrogen and oxygen atoms in total. The minimum atomic E-state index is -0.459. The highest BCUT2D eigenvalue weighted by molar-refractivity contribution is 9.10. The fourth-order valence-electron chi connectivity index (χ4n) is 1.67. The van der Waals surface area contributed by atoms with Gasteiger partial charge in [-0.3, -0.25) is 10.1 Å². The Labute approximate surface area is 127 Å². The Hall–Kier alpha value is -1.66. The summed E-state index contributed by atoms with van der Waals surface area (Å²) < 4.78 is 13.5. The average Bonchev–Trinajstić information content (AvgIpc) is 2.37. The maximum absolute atomic E-state index is 12.9. The van der Waals surface area contributed by atoms with Gasteiger partial charge in [-0.1, -0.05) is 27.5 Å². The lowest BCUT2D eigenvalue weighted by molar-refractivity contribution is -0.385. The van der Waals surface area contributed by atoms with E-state index in [4.69, 9.17) is 11.6 Å². The Bertz CT molecular complexity index is 667. The van der Waals surface area contributed by atoms with Crippen LogP contribution in [0.4, 0.5) is 15.8 Å². The average molecular weight is 360 g/mol. The Balaban J connectivity index is 2.16. The van der Waals surface area contributed by atoms with Crippen LogP contribution in [0.2, 0.25) is 5.02 Å². The van der Waals surface area contributed by atoms with E-state index in [9.17, 15) is 14.5 Å². The number of hydrogen-bond acceptors (Lipinski definition) is 3. The van der Waals surface area contributed by atoms with Gasteiger partial charge in [-0.2, -0.15) is 0 Å². The summed E-state index contributed by atoms with van der Waals surface area (Å²) in [5, 5.41) is 14.0. The first kappa shape index (κ1) is 14.7. The summed E-state index contributed by atoms with van der Waals surface area (Å²) in [5.41, 5.74) is 1.28. The van der Waals surface area contributed by atoms with Gasteiger partial charge in [-0.25, -0.2) is 4.39 Å². The molecule has 2 aromatic carbocycles. The van der Waals surface area contributed by atoms with Crippen LogP contribution < -0.4 is 5.32 Å². The molecule has 0 aliphatic carbocycles. The first-order valence-electron chi connectivity index (χ1n) is 5.58. The number of nitro benzene ring substituents is 1. The molecule has 0 radical (unpaired) electrons. The monoisotopic (exact) mass is 358 g/mol. The number of nitro groups is 1. The van der Waals surface area contributed by atoms with Gasteiger partial charge in [0.2, 0.25) is 0 Å². The number of rotatable bonds is 4. The van der Waals surface area contributed by atoms with Crippen molar-refractivity contribution in [2.24, 2.45) is 0 Å². The van der Waals surface area contributed by atoms with Crippen molar-refractivity contribution in [3.8, 4) is 0 Å². The molecule has 1 N–H and O–H groups in total. The van der Waals surface area contributed by atoms with Gasteiger partial charge >= 0.3 is 0 Å². The van der Waals surface area contributed by atoms with Crippen molar-refractivity contribution in [3.63, 3.8) is 0 Å². The number of benzene rings is 2. The zero-order chi connectivity index (χ0) is 14.7. The van der Waals surface area contributed by atoms with Gasteiger partial charge in [-0.05, 0) is 29.8 Å². The van der Waals surface area contributed by atoms with Crippen molar-refractivity contribution in [2.45, 2.75) is 6.54 Å². The van der Waals surface area contributed by atoms with E-state index >= 15 is 0 Å². The van der Waals surface area contributed by atoms with Crippen LogP contribution >= 0.6 is 27.5 Å². The third kappa shape index (κ3) is 3.68. The highest BCUT2D eigenvalue weighted by Gasteiger charge is 2.09. The van der Waals surface area contributed by atoms with E-state index in [2.05, 4.69) is 21.2 Å². The molecule has 0 fully saturated rings. The minimum Gasteiger partial charge on any atom is -0.380 e. The fraction of sp³-hybridized carbons (Fsp3) is 0.0769. The lowest BCUT2D eigenvalue weighted by Gasteiger charge is -2.09. The number of halogens is 3. The Morgan fingerprint density at radius 1 is 1.30 bits per heavy atom. The molecule has 0 atom stereocenters. The third-order valence-corrected chi connectivity index (χ3v) is 3.34. The van der Waals surface area contributed by atoms with E-state index in [-0.39, 0.29) is 10.7 Å². The topological polar surface area (TPSA) is 55.2 Å². The summed E-state index contributed by atoms with van der Waals surface area (Å²) in [4.78, 5) is 10.3. The molecular formula is C13H9BrClFN2O2. The van der Waals surface area contributed by atoms with Crippen LogP contribution in [0.5, 0.6) is 0 Å². The number of anilines is 1. The molecule has 0 bridgehead atoms. The van der Waals surface area contributed by atoms with Crippen molar-refractivity contribution < 1.29 is 9.31 Å². The molecule has 0 spiro atoms. The van der Waals surface area contributed by atoms with Crippen molar-refractivity contribution in [3.05, 3.63) is 67.4 Å². The molecule has 2 rings (SSSR count). The third-order valence-electron chi connectivity index (χ3n) is 2.57. The van der Waals surface area contributed by atoms with Gasteiger partial charge in [-0.15, -0.1) is 0 Å². The van der Waals surface area contributed by atoms with E-state index < -0.39 is 10.7 Å². The van der Waals surface area contributed by atoms with Crippen LogP contribution in [0, 0.1) is 15.9 Å². The molecule has 0 aromatic heterocycles. The second kappa shape index (κ2) is 6.19. The van der Waals surface area contributed by atoms with Crippen LogP contribution in [0.3, 0.4) is 0 Å².